The minimum absolute atomic E-state index is 0.518. The molecule has 0 saturated carbocycles. The van der Waals surface area contributed by atoms with Gasteiger partial charge in [-0.25, -0.2) is 0 Å². The van der Waals surface area contributed by atoms with Gasteiger partial charge in [0.25, 0.3) is 0 Å². The lowest BCUT2D eigenvalue weighted by molar-refractivity contribution is 0.110. The Morgan fingerprint density at radius 1 is 1.22 bits per heavy atom. The molecule has 0 aromatic carbocycles. The summed E-state index contributed by atoms with van der Waals surface area (Å²) in [7, 11) is 1.81. The smallest absolute Gasteiger partial charge is 0.191 e. The second kappa shape index (κ2) is 9.17. The summed E-state index contributed by atoms with van der Waals surface area (Å²) in [4.78, 5) is 7.01. The van der Waals surface area contributed by atoms with Crippen molar-refractivity contribution in [2.24, 2.45) is 16.8 Å². The predicted octanol–water partition coefficient (Wildman–Crippen LogP) is 2.15. The van der Waals surface area contributed by atoms with Gasteiger partial charge in [-0.3, -0.25) is 14.3 Å². The lowest BCUT2D eigenvalue weighted by Crippen LogP contribution is -2.51. The van der Waals surface area contributed by atoms with Gasteiger partial charge in [-0.1, -0.05) is 26.8 Å². The van der Waals surface area contributed by atoms with Crippen LogP contribution in [0.3, 0.4) is 0 Å². The first-order valence-electron chi connectivity index (χ1n) is 10.1. The maximum atomic E-state index is 4.37. The normalized spacial score (nSPS) is 18.2. The van der Waals surface area contributed by atoms with E-state index in [9.17, 15) is 0 Å². The molecular formula is C20H33N7. The Kier molecular flexibility index (Phi) is 6.66. The van der Waals surface area contributed by atoms with Crippen molar-refractivity contribution in [2.45, 2.75) is 46.2 Å². The van der Waals surface area contributed by atoms with Gasteiger partial charge in [-0.05, 0) is 49.9 Å². The van der Waals surface area contributed by atoms with Crippen molar-refractivity contribution >= 4 is 11.6 Å². The van der Waals surface area contributed by atoms with E-state index < -0.39 is 0 Å². The Morgan fingerprint density at radius 3 is 2.70 bits per heavy atom. The maximum absolute atomic E-state index is 4.37. The van der Waals surface area contributed by atoms with Crippen LogP contribution in [0.4, 0.5) is 0 Å². The number of hydrogen-bond acceptors (Lipinski definition) is 4. The van der Waals surface area contributed by atoms with Gasteiger partial charge < -0.3 is 10.6 Å². The van der Waals surface area contributed by atoms with E-state index in [0.29, 0.717) is 18.5 Å². The molecule has 1 aliphatic heterocycles. The summed E-state index contributed by atoms with van der Waals surface area (Å²) >= 11 is 0. The van der Waals surface area contributed by atoms with Gasteiger partial charge in [0.05, 0.1) is 6.54 Å². The number of nitrogens with zero attached hydrogens (tertiary/aromatic N) is 5. The van der Waals surface area contributed by atoms with Gasteiger partial charge in [0.1, 0.15) is 0 Å². The molecule has 1 unspecified atom stereocenters. The molecule has 1 saturated heterocycles. The highest BCUT2D eigenvalue weighted by atomic mass is 15.3. The van der Waals surface area contributed by atoms with Gasteiger partial charge in [-0.15, -0.1) is 10.2 Å². The largest absolute Gasteiger partial charge is 0.355 e. The first kappa shape index (κ1) is 19.6. The van der Waals surface area contributed by atoms with Gasteiger partial charge in [-0.2, -0.15) is 0 Å². The molecule has 0 spiro atoms. The van der Waals surface area contributed by atoms with E-state index in [2.05, 4.69) is 51.5 Å². The van der Waals surface area contributed by atoms with Crippen LogP contribution in [0.15, 0.2) is 29.4 Å². The molecule has 0 amide bonds. The molecule has 2 aromatic rings. The van der Waals surface area contributed by atoms with Crippen molar-refractivity contribution in [3.05, 3.63) is 30.2 Å². The third-order valence-electron chi connectivity index (χ3n) is 5.56. The number of piperidine rings is 1. The van der Waals surface area contributed by atoms with Crippen molar-refractivity contribution in [3.8, 4) is 0 Å². The number of hydrogen-bond donors (Lipinski definition) is 2. The molecule has 148 valence electrons. The van der Waals surface area contributed by atoms with E-state index in [1.165, 1.54) is 25.9 Å². The van der Waals surface area contributed by atoms with Gasteiger partial charge in [0, 0.05) is 25.8 Å². The zero-order valence-corrected chi connectivity index (χ0v) is 17.0. The fourth-order valence-electron chi connectivity index (χ4n) is 3.74. The molecule has 7 heteroatoms. The lowest BCUT2D eigenvalue weighted by Gasteiger charge is -2.39. The molecule has 2 aromatic heterocycles. The van der Waals surface area contributed by atoms with Crippen LogP contribution in [-0.2, 0) is 6.54 Å². The highest BCUT2D eigenvalue weighted by Crippen LogP contribution is 2.21. The van der Waals surface area contributed by atoms with Crippen LogP contribution < -0.4 is 10.6 Å². The highest BCUT2D eigenvalue weighted by molar-refractivity contribution is 5.79. The van der Waals surface area contributed by atoms with Gasteiger partial charge in [0.2, 0.25) is 0 Å². The van der Waals surface area contributed by atoms with Crippen molar-refractivity contribution < 1.29 is 0 Å². The van der Waals surface area contributed by atoms with Crippen molar-refractivity contribution in [3.63, 3.8) is 0 Å². The van der Waals surface area contributed by atoms with E-state index in [-0.39, 0.29) is 0 Å². The van der Waals surface area contributed by atoms with Crippen LogP contribution in [0, 0.1) is 11.8 Å². The number of pyridine rings is 1. The maximum Gasteiger partial charge on any atom is 0.191 e. The Bertz CT molecular complexity index is 744. The molecule has 1 fully saturated rings. The average molecular weight is 372 g/mol. The fraction of sp³-hybridized carbons (Fsp3) is 0.650. The van der Waals surface area contributed by atoms with E-state index in [0.717, 1.165) is 29.9 Å². The lowest BCUT2D eigenvalue weighted by atomic mass is 9.94. The number of guanidine groups is 1. The summed E-state index contributed by atoms with van der Waals surface area (Å²) < 4.78 is 1.99. The number of likely N-dealkylation sites (tertiary alicyclic amines) is 1. The van der Waals surface area contributed by atoms with E-state index >= 15 is 0 Å². The summed E-state index contributed by atoms with van der Waals surface area (Å²) in [5, 5.41) is 15.3. The van der Waals surface area contributed by atoms with E-state index in [1.54, 1.807) is 0 Å². The summed E-state index contributed by atoms with van der Waals surface area (Å²) in [6, 6.07) is 6.43. The topological polar surface area (TPSA) is 69.8 Å². The van der Waals surface area contributed by atoms with Crippen LogP contribution >= 0.6 is 0 Å². The Labute approximate surface area is 162 Å². The Hall–Kier alpha value is -2.15. The molecule has 1 atom stereocenters. The molecule has 3 heterocycles. The highest BCUT2D eigenvalue weighted by Gasteiger charge is 2.25. The number of aromatic nitrogens is 3. The fourth-order valence-corrected chi connectivity index (χ4v) is 3.74. The van der Waals surface area contributed by atoms with Crippen LogP contribution in [0.2, 0.25) is 0 Å². The summed E-state index contributed by atoms with van der Waals surface area (Å²) in [6.07, 6.45) is 4.58. The third kappa shape index (κ3) is 4.97. The zero-order chi connectivity index (χ0) is 19.2. The Morgan fingerprint density at radius 2 is 2.00 bits per heavy atom. The Balaban J connectivity index is 1.54. The molecule has 0 aliphatic carbocycles. The molecule has 27 heavy (non-hydrogen) atoms. The number of fused-ring (bicyclic) bond motifs is 1. The van der Waals surface area contributed by atoms with Crippen LogP contribution in [0.5, 0.6) is 0 Å². The molecule has 3 rings (SSSR count). The van der Waals surface area contributed by atoms with Crippen molar-refractivity contribution in [1.82, 2.24) is 30.1 Å². The molecule has 2 N–H and O–H groups in total. The van der Waals surface area contributed by atoms with Gasteiger partial charge in [0.15, 0.2) is 17.4 Å². The molecular weight excluding hydrogens is 338 g/mol. The van der Waals surface area contributed by atoms with Gasteiger partial charge >= 0.3 is 0 Å². The number of rotatable bonds is 6. The average Bonchev–Trinajstić information content (AvgIpc) is 3.09. The van der Waals surface area contributed by atoms with E-state index in [1.807, 2.05) is 35.8 Å². The first-order chi connectivity index (χ1) is 13.1. The summed E-state index contributed by atoms with van der Waals surface area (Å²) in [6.45, 7) is 10.9. The molecule has 1 aliphatic rings. The standard InChI is InChI=1S/C20H33N7/c1-15(2)17(26-11-8-16(3)9-12-26)13-22-20(21-4)23-14-19-25-24-18-7-5-6-10-27(18)19/h5-7,10,15-17H,8-9,11-14H2,1-4H3,(H2,21,22,23). The van der Waals surface area contributed by atoms with Crippen LogP contribution in [-0.4, -0.2) is 58.2 Å². The summed E-state index contributed by atoms with van der Waals surface area (Å²) in [5.41, 5.74) is 0.858. The van der Waals surface area contributed by atoms with Crippen LogP contribution in [0.1, 0.15) is 39.4 Å². The molecule has 0 bridgehead atoms. The molecule has 7 nitrogen and oxygen atoms in total. The third-order valence-corrected chi connectivity index (χ3v) is 5.56. The second-order valence-corrected chi connectivity index (χ2v) is 7.88. The van der Waals surface area contributed by atoms with E-state index in [4.69, 9.17) is 0 Å². The minimum Gasteiger partial charge on any atom is -0.355 e. The predicted molar refractivity (Wildman–Crippen MR) is 110 cm³/mol. The van der Waals surface area contributed by atoms with Crippen LogP contribution in [0.25, 0.3) is 5.65 Å². The SMILES string of the molecule is CN=C(NCc1nnc2ccccn12)NCC(C(C)C)N1CCC(C)CC1. The monoisotopic (exact) mass is 371 g/mol. The van der Waals surface area contributed by atoms with Crippen molar-refractivity contribution in [1.29, 1.82) is 0 Å². The quantitative estimate of drug-likeness (QED) is 0.601. The minimum atomic E-state index is 0.518. The summed E-state index contributed by atoms with van der Waals surface area (Å²) in [5.74, 6) is 3.14. The van der Waals surface area contributed by atoms with Crippen molar-refractivity contribution in [2.75, 3.05) is 26.7 Å². The number of aliphatic imine (C=N–C) groups is 1. The zero-order valence-electron chi connectivity index (χ0n) is 17.0. The molecule has 0 radical (unpaired) electrons. The second-order valence-electron chi connectivity index (χ2n) is 7.88. The number of nitrogens with one attached hydrogen (secondary N) is 2. The first-order valence-corrected chi connectivity index (χ1v) is 10.1.